The molecule has 0 aromatic carbocycles. The van der Waals surface area contributed by atoms with E-state index >= 15 is 0 Å². The van der Waals surface area contributed by atoms with E-state index in [9.17, 15) is 0 Å². The summed E-state index contributed by atoms with van der Waals surface area (Å²) in [6.45, 7) is 8.56. The van der Waals surface area contributed by atoms with Crippen LogP contribution in [0, 0.1) is 12.8 Å². The summed E-state index contributed by atoms with van der Waals surface area (Å²) in [6.07, 6.45) is 22.4. The lowest BCUT2D eigenvalue weighted by atomic mass is 9.99. The highest BCUT2D eigenvalue weighted by Gasteiger charge is 1.98. The molecule has 0 amide bonds. The standard InChI is InChI=1S/C19H37/c1-4-6-8-10-11-12-13-14-16-18-19(3)17-15-9-7-5-2/h14,16,19H,1,4-13,15,17-18H2,2-3H3/b16-14-. The summed E-state index contributed by atoms with van der Waals surface area (Å²) >= 11 is 0. The summed E-state index contributed by atoms with van der Waals surface area (Å²) in [6, 6.07) is 0. The van der Waals surface area contributed by atoms with E-state index in [0.717, 1.165) is 12.3 Å². The Balaban J connectivity index is 3.22. The largest absolute Gasteiger partial charge is 0.0885 e. The fraction of sp³-hybridized carbons (Fsp3) is 0.842. The van der Waals surface area contributed by atoms with Gasteiger partial charge in [-0.05, 0) is 25.2 Å². The van der Waals surface area contributed by atoms with Gasteiger partial charge in [0.05, 0.1) is 0 Å². The van der Waals surface area contributed by atoms with E-state index in [0.29, 0.717) is 0 Å². The molecule has 0 aromatic heterocycles. The maximum Gasteiger partial charge on any atom is -0.0325 e. The van der Waals surface area contributed by atoms with Gasteiger partial charge in [0.15, 0.2) is 0 Å². The van der Waals surface area contributed by atoms with Crippen LogP contribution in [-0.2, 0) is 0 Å². The average Bonchev–Trinajstić information content (AvgIpc) is 2.42. The van der Waals surface area contributed by atoms with Crippen LogP contribution in [-0.4, -0.2) is 0 Å². The van der Waals surface area contributed by atoms with E-state index in [4.69, 9.17) is 0 Å². The van der Waals surface area contributed by atoms with E-state index in [1.165, 1.54) is 77.0 Å². The Bertz CT molecular complexity index is 180. The molecule has 0 saturated carbocycles. The molecular weight excluding hydrogens is 228 g/mol. The normalized spacial score (nSPS) is 13.2. The molecule has 1 unspecified atom stereocenters. The smallest absolute Gasteiger partial charge is 0.0325 e. The molecule has 1 radical (unpaired) electrons. The first-order valence-electron chi connectivity index (χ1n) is 8.75. The van der Waals surface area contributed by atoms with Gasteiger partial charge < -0.3 is 0 Å². The third-order valence-electron chi connectivity index (χ3n) is 3.88. The van der Waals surface area contributed by atoms with Gasteiger partial charge in [0.1, 0.15) is 0 Å². The van der Waals surface area contributed by atoms with Gasteiger partial charge >= 0.3 is 0 Å². The van der Waals surface area contributed by atoms with E-state index in [1.54, 1.807) is 0 Å². The fourth-order valence-corrected chi connectivity index (χ4v) is 2.45. The lowest BCUT2D eigenvalue weighted by Gasteiger charge is -2.07. The van der Waals surface area contributed by atoms with Crippen LogP contribution in [0.4, 0.5) is 0 Å². The first kappa shape index (κ1) is 18.7. The monoisotopic (exact) mass is 265 g/mol. The fourth-order valence-electron chi connectivity index (χ4n) is 2.45. The van der Waals surface area contributed by atoms with Gasteiger partial charge in [0.25, 0.3) is 0 Å². The van der Waals surface area contributed by atoms with Gasteiger partial charge in [0, 0.05) is 0 Å². The molecule has 0 aliphatic heterocycles. The van der Waals surface area contributed by atoms with Crippen LogP contribution in [0.1, 0.15) is 97.3 Å². The second-order valence-electron chi connectivity index (χ2n) is 6.07. The van der Waals surface area contributed by atoms with Crippen LogP contribution in [0.25, 0.3) is 0 Å². The van der Waals surface area contributed by atoms with Crippen LogP contribution >= 0.6 is 0 Å². The SMILES string of the molecule is [CH2]CCCCCCC/C=C\CC(C)CCCCCC. The Labute approximate surface area is 123 Å². The van der Waals surface area contributed by atoms with Crippen molar-refractivity contribution in [2.45, 2.75) is 97.3 Å². The van der Waals surface area contributed by atoms with E-state index in [-0.39, 0.29) is 0 Å². The molecule has 0 aliphatic carbocycles. The predicted molar refractivity (Wildman–Crippen MR) is 89.4 cm³/mol. The Morgan fingerprint density at radius 3 is 2.26 bits per heavy atom. The number of unbranched alkanes of at least 4 members (excludes halogenated alkanes) is 9. The van der Waals surface area contributed by atoms with Crippen molar-refractivity contribution in [3.8, 4) is 0 Å². The molecule has 0 heterocycles. The molecule has 0 spiro atoms. The van der Waals surface area contributed by atoms with Crippen molar-refractivity contribution < 1.29 is 0 Å². The van der Waals surface area contributed by atoms with Crippen LogP contribution in [0.2, 0.25) is 0 Å². The predicted octanol–water partition coefficient (Wildman–Crippen LogP) is 7.10. The maximum absolute atomic E-state index is 3.88. The first-order valence-corrected chi connectivity index (χ1v) is 8.75. The van der Waals surface area contributed by atoms with Gasteiger partial charge in [-0.25, -0.2) is 0 Å². The van der Waals surface area contributed by atoms with Gasteiger partial charge in [-0.2, -0.15) is 0 Å². The Morgan fingerprint density at radius 2 is 1.53 bits per heavy atom. The number of rotatable bonds is 14. The highest BCUT2D eigenvalue weighted by Crippen LogP contribution is 2.14. The molecule has 0 nitrogen and oxygen atoms in total. The quantitative estimate of drug-likeness (QED) is 0.232. The third-order valence-corrected chi connectivity index (χ3v) is 3.88. The molecule has 0 N–H and O–H groups in total. The van der Waals surface area contributed by atoms with E-state index in [1.807, 2.05) is 0 Å². The minimum Gasteiger partial charge on any atom is -0.0885 e. The minimum atomic E-state index is 0.880. The van der Waals surface area contributed by atoms with Gasteiger partial charge in [-0.3, -0.25) is 0 Å². The molecule has 0 aromatic rings. The summed E-state index contributed by atoms with van der Waals surface area (Å²) in [4.78, 5) is 0. The van der Waals surface area contributed by atoms with Crippen molar-refractivity contribution in [1.82, 2.24) is 0 Å². The molecule has 0 heteroatoms. The van der Waals surface area contributed by atoms with E-state index < -0.39 is 0 Å². The number of allylic oxidation sites excluding steroid dienone is 2. The zero-order chi connectivity index (χ0) is 14.2. The number of hydrogen-bond acceptors (Lipinski definition) is 0. The molecule has 19 heavy (non-hydrogen) atoms. The summed E-state index contributed by atoms with van der Waals surface area (Å²) < 4.78 is 0. The van der Waals surface area contributed by atoms with Crippen molar-refractivity contribution >= 4 is 0 Å². The van der Waals surface area contributed by atoms with Gasteiger partial charge in [0.2, 0.25) is 0 Å². The van der Waals surface area contributed by atoms with Crippen molar-refractivity contribution in [3.05, 3.63) is 19.1 Å². The molecule has 113 valence electrons. The number of hydrogen-bond donors (Lipinski definition) is 0. The topological polar surface area (TPSA) is 0 Å². The Kier molecular flexibility index (Phi) is 15.6. The third kappa shape index (κ3) is 15.7. The molecule has 0 rings (SSSR count). The zero-order valence-corrected chi connectivity index (χ0v) is 13.6. The van der Waals surface area contributed by atoms with Crippen molar-refractivity contribution in [1.29, 1.82) is 0 Å². The van der Waals surface area contributed by atoms with E-state index in [2.05, 4.69) is 32.9 Å². The zero-order valence-electron chi connectivity index (χ0n) is 13.6. The first-order chi connectivity index (χ1) is 9.31. The second kappa shape index (κ2) is 15.8. The Morgan fingerprint density at radius 1 is 0.842 bits per heavy atom. The van der Waals surface area contributed by atoms with Crippen LogP contribution in [0.15, 0.2) is 12.2 Å². The Hall–Kier alpha value is -0.260. The summed E-state index contributed by atoms with van der Waals surface area (Å²) in [7, 11) is 0. The van der Waals surface area contributed by atoms with Gasteiger partial charge in [-0.15, -0.1) is 0 Å². The lowest BCUT2D eigenvalue weighted by molar-refractivity contribution is 0.493. The molecule has 0 aliphatic rings. The van der Waals surface area contributed by atoms with Gasteiger partial charge in [-0.1, -0.05) is 97.1 Å². The molecule has 0 fully saturated rings. The second-order valence-corrected chi connectivity index (χ2v) is 6.07. The van der Waals surface area contributed by atoms with Crippen LogP contribution in [0.5, 0.6) is 0 Å². The molecule has 0 saturated heterocycles. The van der Waals surface area contributed by atoms with Crippen molar-refractivity contribution in [3.63, 3.8) is 0 Å². The average molecular weight is 266 g/mol. The van der Waals surface area contributed by atoms with Crippen molar-refractivity contribution in [2.75, 3.05) is 0 Å². The summed E-state index contributed by atoms with van der Waals surface area (Å²) in [5.74, 6) is 0.880. The molecule has 1 atom stereocenters. The summed E-state index contributed by atoms with van der Waals surface area (Å²) in [5, 5.41) is 0. The highest BCUT2D eigenvalue weighted by atomic mass is 14.0. The molecule has 0 bridgehead atoms. The minimum absolute atomic E-state index is 0.880. The van der Waals surface area contributed by atoms with Crippen LogP contribution in [0.3, 0.4) is 0 Å². The molecular formula is C19H37. The maximum atomic E-state index is 3.88. The lowest BCUT2D eigenvalue weighted by Crippen LogP contribution is -1.92. The highest BCUT2D eigenvalue weighted by molar-refractivity contribution is 4.83. The van der Waals surface area contributed by atoms with Crippen molar-refractivity contribution in [2.24, 2.45) is 5.92 Å². The summed E-state index contributed by atoms with van der Waals surface area (Å²) in [5.41, 5.74) is 0. The van der Waals surface area contributed by atoms with Crippen LogP contribution < -0.4 is 0 Å².